The van der Waals surface area contributed by atoms with Crippen LogP contribution in [0.1, 0.15) is 80.7 Å². The van der Waals surface area contributed by atoms with Crippen LogP contribution >= 0.6 is 0 Å². The van der Waals surface area contributed by atoms with Crippen molar-refractivity contribution in [2.45, 2.75) is 72.5 Å². The van der Waals surface area contributed by atoms with Crippen LogP contribution in [0.5, 0.6) is 0 Å². The van der Waals surface area contributed by atoms with E-state index in [4.69, 9.17) is 4.74 Å². The van der Waals surface area contributed by atoms with Crippen LogP contribution in [0.4, 0.5) is 10.1 Å². The molecule has 3 heterocycles. The molecule has 0 bridgehead atoms. The van der Waals surface area contributed by atoms with E-state index in [0.29, 0.717) is 41.0 Å². The molecule has 41 heavy (non-hydrogen) atoms. The number of hydrogen-bond acceptors (Lipinski definition) is 6. The minimum atomic E-state index is -1.22. The molecule has 9 nitrogen and oxygen atoms in total. The highest BCUT2D eigenvalue weighted by molar-refractivity contribution is 5.98. The Morgan fingerprint density at radius 2 is 1.78 bits per heavy atom. The molecular formula is C31H39FN4O5. The summed E-state index contributed by atoms with van der Waals surface area (Å²) in [5, 5.41) is 17.4. The lowest BCUT2D eigenvalue weighted by Gasteiger charge is -2.40. The Morgan fingerprint density at radius 3 is 2.37 bits per heavy atom. The topological polar surface area (TPSA) is 113 Å². The fourth-order valence-electron chi connectivity index (χ4n) is 5.11. The van der Waals surface area contributed by atoms with Crippen molar-refractivity contribution in [1.82, 2.24) is 14.9 Å². The average Bonchev–Trinajstić information content (AvgIpc) is 3.30. The molecule has 0 aliphatic carbocycles. The van der Waals surface area contributed by atoms with Gasteiger partial charge in [0.2, 0.25) is 0 Å². The van der Waals surface area contributed by atoms with Crippen molar-refractivity contribution in [3.63, 3.8) is 0 Å². The summed E-state index contributed by atoms with van der Waals surface area (Å²) >= 11 is 0. The summed E-state index contributed by atoms with van der Waals surface area (Å²) in [4.78, 5) is 40.2. The summed E-state index contributed by atoms with van der Waals surface area (Å²) in [6.07, 6.45) is 2.39. The number of hydrogen-bond donors (Lipinski definition) is 2. The summed E-state index contributed by atoms with van der Waals surface area (Å²) < 4.78 is 20.8. The minimum absolute atomic E-state index is 0.0636. The molecule has 1 saturated heterocycles. The number of aliphatic carboxylic acids is 1. The number of aromatic nitrogens is 2. The molecule has 0 radical (unpaired) electrons. The molecule has 2 N–H and O–H groups in total. The van der Waals surface area contributed by atoms with E-state index in [-0.39, 0.29) is 35.7 Å². The highest BCUT2D eigenvalue weighted by Crippen LogP contribution is 2.41. The molecule has 10 heteroatoms. The van der Waals surface area contributed by atoms with Gasteiger partial charge in [-0.1, -0.05) is 26.0 Å². The number of Topliss-reactive ketones (excluding diaryl/α,β-unsaturated/α-hetero) is 1. The van der Waals surface area contributed by atoms with Crippen LogP contribution in [-0.2, 0) is 20.7 Å². The zero-order chi connectivity index (χ0) is 30.1. The predicted molar refractivity (Wildman–Crippen MR) is 154 cm³/mol. The first-order chi connectivity index (χ1) is 19.1. The van der Waals surface area contributed by atoms with Crippen LogP contribution in [0.25, 0.3) is 5.52 Å². The maximum Gasteiger partial charge on any atom is 0.337 e. The Kier molecular flexibility index (Phi) is 8.54. The maximum absolute atomic E-state index is 13.2. The van der Waals surface area contributed by atoms with Crippen molar-refractivity contribution < 1.29 is 28.6 Å². The molecule has 2 aromatic heterocycles. The van der Waals surface area contributed by atoms with Crippen molar-refractivity contribution >= 4 is 28.9 Å². The second-order valence-corrected chi connectivity index (χ2v) is 12.6. The van der Waals surface area contributed by atoms with E-state index in [1.54, 1.807) is 16.8 Å². The molecule has 1 unspecified atom stereocenters. The van der Waals surface area contributed by atoms with Gasteiger partial charge in [-0.05, 0) is 75.3 Å². The van der Waals surface area contributed by atoms with E-state index in [1.165, 1.54) is 24.3 Å². The Labute approximate surface area is 239 Å². The molecule has 0 spiro atoms. The summed E-state index contributed by atoms with van der Waals surface area (Å²) in [6, 6.07) is 7.28. The molecule has 3 aromatic rings. The van der Waals surface area contributed by atoms with Crippen molar-refractivity contribution in [1.29, 1.82) is 0 Å². The predicted octanol–water partition coefficient (Wildman–Crippen LogP) is 4.89. The largest absolute Gasteiger partial charge is 0.479 e. The molecule has 1 aliphatic heterocycles. The molecule has 1 aromatic carbocycles. The second kappa shape index (κ2) is 11.6. The number of carbonyl (C=O) groups is 3. The lowest BCUT2D eigenvalue weighted by Crippen LogP contribution is -2.39. The van der Waals surface area contributed by atoms with Crippen LogP contribution in [0.3, 0.4) is 0 Å². The number of anilines is 1. The molecule has 1 fully saturated rings. The van der Waals surface area contributed by atoms with Crippen LogP contribution in [0, 0.1) is 18.2 Å². The molecule has 1 amide bonds. The molecule has 4 rings (SSSR count). The van der Waals surface area contributed by atoms with E-state index in [9.17, 15) is 23.9 Å². The number of nitrogens with one attached hydrogen (secondary N) is 1. The van der Waals surface area contributed by atoms with Crippen molar-refractivity contribution in [3.8, 4) is 0 Å². The number of nitrogens with zero attached hydrogens (tertiary/aromatic N) is 3. The number of halogens is 1. The number of carboxylic acids is 1. The lowest BCUT2D eigenvalue weighted by atomic mass is 9.82. The Balaban J connectivity index is 1.67. The highest BCUT2D eigenvalue weighted by Gasteiger charge is 2.35. The molecule has 1 atom stereocenters. The number of fused-ring (bicyclic) bond motifs is 1. The van der Waals surface area contributed by atoms with Gasteiger partial charge in [0.1, 0.15) is 5.82 Å². The first kappa shape index (κ1) is 30.2. The smallest absolute Gasteiger partial charge is 0.337 e. The maximum atomic E-state index is 13.2. The number of ketones is 1. The van der Waals surface area contributed by atoms with Gasteiger partial charge >= 0.3 is 5.97 Å². The third-order valence-corrected chi connectivity index (χ3v) is 7.36. The first-order valence-electron chi connectivity index (χ1n) is 13.9. The van der Waals surface area contributed by atoms with Gasteiger partial charge in [-0.25, -0.2) is 13.7 Å². The van der Waals surface area contributed by atoms with Crippen LogP contribution in [0.15, 0.2) is 36.5 Å². The van der Waals surface area contributed by atoms with E-state index in [2.05, 4.69) is 29.2 Å². The number of rotatable bonds is 9. The van der Waals surface area contributed by atoms with E-state index >= 15 is 0 Å². The lowest BCUT2D eigenvalue weighted by molar-refractivity contribution is -0.160. The average molecular weight is 567 g/mol. The van der Waals surface area contributed by atoms with E-state index in [1.807, 2.05) is 27.7 Å². The summed E-state index contributed by atoms with van der Waals surface area (Å²) in [6.45, 7) is 12.9. The number of benzene rings is 1. The highest BCUT2D eigenvalue weighted by atomic mass is 19.1. The number of carbonyl (C=O) groups excluding carboxylic acids is 2. The Bertz CT molecular complexity index is 1450. The summed E-state index contributed by atoms with van der Waals surface area (Å²) in [7, 11) is 0. The second-order valence-electron chi connectivity index (χ2n) is 12.6. The molecule has 0 saturated carbocycles. The van der Waals surface area contributed by atoms with Crippen molar-refractivity contribution in [2.24, 2.45) is 5.41 Å². The summed E-state index contributed by atoms with van der Waals surface area (Å²) in [5.41, 5.74) is 2.72. The third kappa shape index (κ3) is 7.30. The first-order valence-corrected chi connectivity index (χ1v) is 13.9. The number of amides is 1. The number of ether oxygens (including phenoxy) is 1. The van der Waals surface area contributed by atoms with E-state index < -0.39 is 23.6 Å². The van der Waals surface area contributed by atoms with Crippen molar-refractivity contribution in [2.75, 3.05) is 24.5 Å². The zero-order valence-electron chi connectivity index (χ0n) is 24.6. The number of piperidine rings is 1. The standard InChI is InChI=1S/C31H39FN4O5/c1-19-18-36-24(16-23(34-36)28(38)33-17-22(37)15-20-7-9-21(32)10-8-20)26(35-13-11-31(5,6)12-14-35)25(19)27(29(39)40)41-30(2,3)4/h7-10,16,18,27H,11-15,17H2,1-6H3,(H,33,38)(H,39,40). The molecule has 1 aliphatic rings. The Hall–Kier alpha value is -3.79. The van der Waals surface area contributed by atoms with Gasteiger partial charge in [0, 0.05) is 31.3 Å². The van der Waals surface area contributed by atoms with Gasteiger partial charge in [0.05, 0.1) is 23.3 Å². The van der Waals surface area contributed by atoms with Gasteiger partial charge < -0.3 is 20.1 Å². The Morgan fingerprint density at radius 1 is 1.15 bits per heavy atom. The SMILES string of the molecule is Cc1cn2nc(C(=O)NCC(=O)Cc3ccc(F)cc3)cc2c(N2CCC(C)(C)CC2)c1C(OC(C)(C)C)C(=O)O. The minimum Gasteiger partial charge on any atom is -0.479 e. The third-order valence-electron chi connectivity index (χ3n) is 7.36. The van der Waals surface area contributed by atoms with Gasteiger partial charge in [-0.3, -0.25) is 9.59 Å². The van der Waals surface area contributed by atoms with Gasteiger partial charge in [0.25, 0.3) is 5.91 Å². The van der Waals surface area contributed by atoms with Crippen LogP contribution in [0.2, 0.25) is 0 Å². The zero-order valence-corrected chi connectivity index (χ0v) is 24.6. The van der Waals surface area contributed by atoms with Crippen molar-refractivity contribution in [3.05, 3.63) is 64.7 Å². The number of pyridine rings is 1. The van der Waals surface area contributed by atoms with E-state index in [0.717, 1.165) is 12.8 Å². The number of carboxylic acid groups (broad SMARTS) is 1. The summed E-state index contributed by atoms with van der Waals surface area (Å²) in [5.74, 6) is -2.23. The van der Waals surface area contributed by atoms with Crippen LogP contribution in [-0.4, -0.2) is 57.6 Å². The molecule has 220 valence electrons. The fourth-order valence-corrected chi connectivity index (χ4v) is 5.11. The number of aryl methyl sites for hydroxylation is 1. The molecular weight excluding hydrogens is 527 g/mol. The van der Waals surface area contributed by atoms with Gasteiger partial charge in [-0.15, -0.1) is 0 Å². The van der Waals surface area contributed by atoms with Gasteiger partial charge in [0.15, 0.2) is 17.6 Å². The quantitative estimate of drug-likeness (QED) is 0.379. The van der Waals surface area contributed by atoms with Gasteiger partial charge in [-0.2, -0.15) is 5.10 Å². The van der Waals surface area contributed by atoms with Crippen LogP contribution < -0.4 is 10.2 Å². The normalized spacial score (nSPS) is 16.0. The monoisotopic (exact) mass is 566 g/mol. The fraction of sp³-hybridized carbons (Fsp3) is 0.484.